The lowest BCUT2D eigenvalue weighted by Gasteiger charge is -2.04. The number of carboxylic acids is 1. The van der Waals surface area contributed by atoms with Gasteiger partial charge < -0.3 is 10.4 Å². The molecular formula is C14H13F2NO2S. The van der Waals surface area contributed by atoms with E-state index >= 15 is 0 Å². The van der Waals surface area contributed by atoms with Crippen LogP contribution in [0.5, 0.6) is 0 Å². The summed E-state index contributed by atoms with van der Waals surface area (Å²) in [4.78, 5) is 12.3. The number of hydrogen-bond acceptors (Lipinski definition) is 3. The van der Waals surface area contributed by atoms with Gasteiger partial charge >= 0.3 is 5.97 Å². The zero-order chi connectivity index (χ0) is 14.5. The summed E-state index contributed by atoms with van der Waals surface area (Å²) in [6, 6.07) is 7.09. The third kappa shape index (κ3) is 4.11. The van der Waals surface area contributed by atoms with Gasteiger partial charge in [-0.3, -0.25) is 4.79 Å². The van der Waals surface area contributed by atoms with Crippen molar-refractivity contribution in [2.24, 2.45) is 0 Å². The Balaban J connectivity index is 1.86. The summed E-state index contributed by atoms with van der Waals surface area (Å²) in [7, 11) is 0. The predicted molar refractivity (Wildman–Crippen MR) is 72.6 cm³/mol. The molecule has 0 saturated carbocycles. The molecule has 0 spiro atoms. The van der Waals surface area contributed by atoms with Gasteiger partial charge in [-0.25, -0.2) is 8.78 Å². The van der Waals surface area contributed by atoms with E-state index in [2.05, 4.69) is 5.32 Å². The third-order valence-corrected chi connectivity index (χ3v) is 3.76. The largest absolute Gasteiger partial charge is 0.481 e. The smallest absolute Gasteiger partial charge is 0.308 e. The van der Waals surface area contributed by atoms with E-state index in [-0.39, 0.29) is 13.0 Å². The van der Waals surface area contributed by atoms with E-state index in [1.807, 2.05) is 6.07 Å². The molecule has 2 rings (SSSR count). The Kier molecular flexibility index (Phi) is 4.81. The normalized spacial score (nSPS) is 10.7. The second kappa shape index (κ2) is 6.58. The Morgan fingerprint density at radius 2 is 1.90 bits per heavy atom. The Morgan fingerprint density at radius 3 is 2.60 bits per heavy atom. The van der Waals surface area contributed by atoms with Crippen LogP contribution in [0, 0.1) is 11.6 Å². The minimum Gasteiger partial charge on any atom is -0.481 e. The van der Waals surface area contributed by atoms with Gasteiger partial charge in [0.2, 0.25) is 0 Å². The van der Waals surface area contributed by atoms with Crippen molar-refractivity contribution in [1.82, 2.24) is 5.32 Å². The first-order valence-corrected chi connectivity index (χ1v) is 6.80. The van der Waals surface area contributed by atoms with Gasteiger partial charge in [-0.2, -0.15) is 0 Å². The second-order valence-electron chi connectivity index (χ2n) is 4.28. The highest BCUT2D eigenvalue weighted by molar-refractivity contribution is 7.12. The van der Waals surface area contributed by atoms with Gasteiger partial charge in [0.25, 0.3) is 0 Å². The lowest BCUT2D eigenvalue weighted by Crippen LogP contribution is -2.13. The van der Waals surface area contributed by atoms with Gasteiger partial charge in [-0.15, -0.1) is 11.3 Å². The van der Waals surface area contributed by atoms with Crippen molar-refractivity contribution in [3.8, 4) is 0 Å². The van der Waals surface area contributed by atoms with Gasteiger partial charge in [0.05, 0.1) is 6.42 Å². The number of halogens is 2. The minimum absolute atomic E-state index is 0.0112. The maximum absolute atomic E-state index is 13.4. The molecule has 1 aromatic carbocycles. The SMILES string of the molecule is O=C(O)Cc1ccc(CNCc2ccc(F)cc2F)s1. The lowest BCUT2D eigenvalue weighted by molar-refractivity contribution is -0.136. The number of nitrogens with one attached hydrogen (secondary N) is 1. The molecule has 2 N–H and O–H groups in total. The molecule has 106 valence electrons. The molecule has 6 heteroatoms. The summed E-state index contributed by atoms with van der Waals surface area (Å²) in [5.74, 6) is -2.03. The van der Waals surface area contributed by atoms with Crippen molar-refractivity contribution in [3.05, 3.63) is 57.3 Å². The monoisotopic (exact) mass is 297 g/mol. The molecule has 1 heterocycles. The van der Waals surface area contributed by atoms with E-state index < -0.39 is 17.6 Å². The molecule has 0 radical (unpaired) electrons. The van der Waals surface area contributed by atoms with Gasteiger partial charge in [-0.05, 0) is 18.2 Å². The van der Waals surface area contributed by atoms with Crippen LogP contribution in [-0.4, -0.2) is 11.1 Å². The van der Waals surface area contributed by atoms with Crippen molar-refractivity contribution in [3.63, 3.8) is 0 Å². The van der Waals surface area contributed by atoms with Crippen LogP contribution in [0.4, 0.5) is 8.78 Å². The molecule has 2 aromatic rings. The Labute approximate surface area is 118 Å². The molecule has 1 aromatic heterocycles. The first-order chi connectivity index (χ1) is 9.54. The summed E-state index contributed by atoms with van der Waals surface area (Å²) in [6.07, 6.45) is 0.0112. The van der Waals surface area contributed by atoms with Crippen LogP contribution in [0.2, 0.25) is 0 Å². The molecular weight excluding hydrogens is 284 g/mol. The van der Waals surface area contributed by atoms with Gasteiger partial charge in [-0.1, -0.05) is 6.07 Å². The van der Waals surface area contributed by atoms with E-state index in [1.54, 1.807) is 6.07 Å². The quantitative estimate of drug-likeness (QED) is 0.862. The minimum atomic E-state index is -0.861. The standard InChI is InChI=1S/C14H13F2NO2S/c15-10-2-1-9(13(16)5-10)7-17-8-12-4-3-11(20-12)6-14(18)19/h1-5,17H,6-8H2,(H,18,19). The number of carboxylic acid groups (broad SMARTS) is 1. The van der Waals surface area contributed by atoms with E-state index in [9.17, 15) is 13.6 Å². The average Bonchev–Trinajstić information content (AvgIpc) is 2.79. The van der Waals surface area contributed by atoms with Gasteiger partial charge in [0.15, 0.2) is 0 Å². The summed E-state index contributed by atoms with van der Waals surface area (Å²) in [5.41, 5.74) is 0.397. The molecule has 0 unspecified atom stereocenters. The highest BCUT2D eigenvalue weighted by Crippen LogP contribution is 2.17. The number of benzene rings is 1. The number of hydrogen-bond donors (Lipinski definition) is 2. The number of rotatable bonds is 6. The first-order valence-electron chi connectivity index (χ1n) is 5.98. The van der Waals surface area contributed by atoms with Crippen molar-refractivity contribution in [2.45, 2.75) is 19.5 Å². The van der Waals surface area contributed by atoms with Crippen LogP contribution in [0.1, 0.15) is 15.3 Å². The molecule has 0 aliphatic rings. The third-order valence-electron chi connectivity index (χ3n) is 2.67. The molecule has 0 aliphatic carbocycles. The van der Waals surface area contributed by atoms with Crippen molar-refractivity contribution in [1.29, 1.82) is 0 Å². The first kappa shape index (κ1) is 14.6. The molecule has 3 nitrogen and oxygen atoms in total. The molecule has 0 fully saturated rings. The average molecular weight is 297 g/mol. The van der Waals surface area contributed by atoms with Crippen LogP contribution in [0.25, 0.3) is 0 Å². The topological polar surface area (TPSA) is 49.3 Å². The summed E-state index contributed by atoms with van der Waals surface area (Å²) in [6.45, 7) is 0.805. The highest BCUT2D eigenvalue weighted by Gasteiger charge is 2.06. The van der Waals surface area contributed by atoms with Crippen LogP contribution in [0.15, 0.2) is 30.3 Å². The zero-order valence-electron chi connectivity index (χ0n) is 10.5. The van der Waals surface area contributed by atoms with E-state index in [0.717, 1.165) is 15.8 Å². The van der Waals surface area contributed by atoms with Crippen molar-refractivity contribution < 1.29 is 18.7 Å². The molecule has 0 aliphatic heterocycles. The second-order valence-corrected chi connectivity index (χ2v) is 5.53. The maximum Gasteiger partial charge on any atom is 0.308 e. The van der Waals surface area contributed by atoms with Crippen LogP contribution < -0.4 is 5.32 Å². The van der Waals surface area contributed by atoms with Gasteiger partial charge in [0.1, 0.15) is 11.6 Å². The maximum atomic E-state index is 13.4. The Bertz CT molecular complexity index is 613. The fraction of sp³-hybridized carbons (Fsp3) is 0.214. The molecule has 0 bridgehead atoms. The summed E-state index contributed by atoms with van der Waals surface area (Å²) < 4.78 is 26.1. The van der Waals surface area contributed by atoms with Crippen LogP contribution in [0.3, 0.4) is 0 Å². The molecule has 0 saturated heterocycles. The fourth-order valence-corrected chi connectivity index (χ4v) is 2.73. The number of thiophene rings is 1. The van der Waals surface area contributed by atoms with E-state index in [4.69, 9.17) is 5.11 Å². The zero-order valence-corrected chi connectivity index (χ0v) is 11.3. The predicted octanol–water partition coefficient (Wildman–Crippen LogP) is 2.94. The Hall–Kier alpha value is -1.79. The van der Waals surface area contributed by atoms with Crippen LogP contribution in [-0.2, 0) is 24.3 Å². The highest BCUT2D eigenvalue weighted by atomic mass is 32.1. The fourth-order valence-electron chi connectivity index (χ4n) is 1.75. The van der Waals surface area contributed by atoms with Crippen LogP contribution >= 0.6 is 11.3 Å². The Morgan fingerprint density at radius 1 is 1.15 bits per heavy atom. The molecule has 0 atom stereocenters. The van der Waals surface area contributed by atoms with Crippen molar-refractivity contribution >= 4 is 17.3 Å². The number of carbonyl (C=O) groups is 1. The van der Waals surface area contributed by atoms with E-state index in [1.165, 1.54) is 23.5 Å². The number of aliphatic carboxylic acids is 1. The summed E-state index contributed by atoms with van der Waals surface area (Å²) in [5, 5.41) is 11.7. The lowest BCUT2D eigenvalue weighted by atomic mass is 10.2. The summed E-state index contributed by atoms with van der Waals surface area (Å²) >= 11 is 1.41. The van der Waals surface area contributed by atoms with E-state index in [0.29, 0.717) is 12.1 Å². The van der Waals surface area contributed by atoms with Gasteiger partial charge in [0, 0.05) is 34.5 Å². The van der Waals surface area contributed by atoms with Crippen molar-refractivity contribution in [2.75, 3.05) is 0 Å². The molecule has 0 amide bonds. The molecule has 20 heavy (non-hydrogen) atoms.